The van der Waals surface area contributed by atoms with Crippen LogP contribution < -0.4 is 4.74 Å². The average molecular weight is 272 g/mol. The fraction of sp³-hybridized carbons (Fsp3) is 0.562. The van der Waals surface area contributed by atoms with Crippen molar-refractivity contribution in [2.45, 2.75) is 37.3 Å². The molecule has 1 saturated carbocycles. The highest BCUT2D eigenvalue weighted by atomic mass is 16.5. The van der Waals surface area contributed by atoms with Gasteiger partial charge in [0, 0.05) is 6.54 Å². The smallest absolute Gasteiger partial charge is 0.235 e. The molecule has 2 fully saturated rings. The first kappa shape index (κ1) is 13.3. The number of carbonyl (C=O) groups excluding carboxylic acids is 1. The SMILES string of the molecule is CN1CCCC(Oc2ccc(C3(N=C=O)CC3)cc2)C1. The molecule has 4 nitrogen and oxygen atoms in total. The van der Waals surface area contributed by atoms with Gasteiger partial charge in [-0.15, -0.1) is 0 Å². The number of rotatable bonds is 4. The molecule has 0 amide bonds. The second-order valence-electron chi connectivity index (χ2n) is 5.90. The second kappa shape index (κ2) is 5.39. The zero-order chi connectivity index (χ0) is 14.0. The molecule has 1 unspecified atom stereocenters. The summed E-state index contributed by atoms with van der Waals surface area (Å²) in [6, 6.07) is 8.03. The van der Waals surface area contributed by atoms with Crippen molar-refractivity contribution >= 4 is 6.08 Å². The van der Waals surface area contributed by atoms with Crippen LogP contribution in [0.3, 0.4) is 0 Å². The van der Waals surface area contributed by atoms with Gasteiger partial charge in [-0.25, -0.2) is 4.79 Å². The summed E-state index contributed by atoms with van der Waals surface area (Å²) < 4.78 is 6.02. The van der Waals surface area contributed by atoms with Crippen molar-refractivity contribution in [2.24, 2.45) is 4.99 Å². The van der Waals surface area contributed by atoms with Crippen LogP contribution >= 0.6 is 0 Å². The molecule has 1 aromatic rings. The Hall–Kier alpha value is -1.64. The number of likely N-dealkylation sites (tertiary alicyclic amines) is 1. The van der Waals surface area contributed by atoms with Crippen molar-refractivity contribution < 1.29 is 9.53 Å². The zero-order valence-electron chi connectivity index (χ0n) is 11.8. The lowest BCUT2D eigenvalue weighted by Gasteiger charge is -2.30. The van der Waals surface area contributed by atoms with E-state index in [1.54, 1.807) is 6.08 Å². The molecule has 0 radical (unpaired) electrons. The molecule has 0 spiro atoms. The van der Waals surface area contributed by atoms with E-state index in [-0.39, 0.29) is 11.6 Å². The number of piperidine rings is 1. The van der Waals surface area contributed by atoms with Crippen LogP contribution in [0, 0.1) is 0 Å². The number of ether oxygens (including phenoxy) is 1. The van der Waals surface area contributed by atoms with E-state index < -0.39 is 0 Å². The van der Waals surface area contributed by atoms with Crippen LogP contribution in [0.1, 0.15) is 31.2 Å². The molecule has 106 valence electrons. The molecular weight excluding hydrogens is 252 g/mol. The summed E-state index contributed by atoms with van der Waals surface area (Å²) in [6.45, 7) is 2.14. The van der Waals surface area contributed by atoms with Gasteiger partial charge in [-0.3, -0.25) is 0 Å². The molecule has 4 heteroatoms. The number of isocyanates is 1. The maximum atomic E-state index is 10.5. The minimum atomic E-state index is -0.286. The largest absolute Gasteiger partial charge is 0.489 e. The van der Waals surface area contributed by atoms with Crippen molar-refractivity contribution in [3.63, 3.8) is 0 Å². The minimum Gasteiger partial charge on any atom is -0.489 e. The van der Waals surface area contributed by atoms with Crippen molar-refractivity contribution in [3.8, 4) is 5.75 Å². The Labute approximate surface area is 119 Å². The minimum absolute atomic E-state index is 0.280. The molecule has 1 atom stereocenters. The molecular formula is C16H20N2O2. The Morgan fingerprint density at radius 2 is 2.10 bits per heavy atom. The van der Waals surface area contributed by atoms with Crippen LogP contribution in [0.2, 0.25) is 0 Å². The first-order valence-corrected chi connectivity index (χ1v) is 7.27. The standard InChI is InChI=1S/C16H20N2O2/c1-18-10-2-3-15(11-18)20-14-6-4-13(5-7-14)16(8-9-16)17-12-19/h4-7,15H,2-3,8-11H2,1H3. The summed E-state index contributed by atoms with van der Waals surface area (Å²) in [5.74, 6) is 0.903. The lowest BCUT2D eigenvalue weighted by molar-refractivity contribution is 0.104. The quantitative estimate of drug-likeness (QED) is 0.624. The Morgan fingerprint density at radius 1 is 1.35 bits per heavy atom. The Kier molecular flexibility index (Phi) is 3.60. The van der Waals surface area contributed by atoms with Gasteiger partial charge in [-0.2, -0.15) is 4.99 Å². The molecule has 0 bridgehead atoms. The van der Waals surface area contributed by atoms with Crippen LogP contribution in [-0.4, -0.2) is 37.2 Å². The molecule has 20 heavy (non-hydrogen) atoms. The molecule has 1 aliphatic carbocycles. The molecule has 1 heterocycles. The maximum absolute atomic E-state index is 10.5. The zero-order valence-corrected chi connectivity index (χ0v) is 11.8. The summed E-state index contributed by atoms with van der Waals surface area (Å²) in [5, 5.41) is 0. The van der Waals surface area contributed by atoms with E-state index in [4.69, 9.17) is 4.74 Å². The average Bonchev–Trinajstić information content (AvgIpc) is 3.21. The fourth-order valence-corrected chi connectivity index (χ4v) is 2.92. The highest BCUT2D eigenvalue weighted by Crippen LogP contribution is 2.49. The van der Waals surface area contributed by atoms with Crippen molar-refractivity contribution in [1.82, 2.24) is 4.90 Å². The normalized spacial score (nSPS) is 24.8. The third-order valence-corrected chi connectivity index (χ3v) is 4.26. The first-order valence-electron chi connectivity index (χ1n) is 7.27. The van der Waals surface area contributed by atoms with E-state index in [1.165, 1.54) is 6.42 Å². The van der Waals surface area contributed by atoms with Gasteiger partial charge in [0.05, 0.1) is 5.54 Å². The van der Waals surface area contributed by atoms with Gasteiger partial charge in [0.25, 0.3) is 0 Å². The fourth-order valence-electron chi connectivity index (χ4n) is 2.92. The number of nitrogens with zero attached hydrogens (tertiary/aromatic N) is 2. The van der Waals surface area contributed by atoms with Crippen LogP contribution in [0.15, 0.2) is 29.3 Å². The van der Waals surface area contributed by atoms with Gasteiger partial charge in [-0.1, -0.05) is 12.1 Å². The van der Waals surface area contributed by atoms with E-state index in [0.29, 0.717) is 0 Å². The van der Waals surface area contributed by atoms with Crippen molar-refractivity contribution in [3.05, 3.63) is 29.8 Å². The second-order valence-corrected chi connectivity index (χ2v) is 5.90. The van der Waals surface area contributed by atoms with E-state index in [0.717, 1.165) is 43.7 Å². The van der Waals surface area contributed by atoms with E-state index in [9.17, 15) is 4.79 Å². The Bertz CT molecular complexity index is 516. The number of aliphatic imine (C=N–C) groups is 1. The molecule has 0 aromatic heterocycles. The van der Waals surface area contributed by atoms with Gasteiger partial charge in [0.2, 0.25) is 6.08 Å². The van der Waals surface area contributed by atoms with Crippen LogP contribution in [-0.2, 0) is 10.3 Å². The number of hydrogen-bond donors (Lipinski definition) is 0. The predicted octanol–water partition coefficient (Wildman–Crippen LogP) is 2.48. The van der Waals surface area contributed by atoms with Gasteiger partial charge in [-0.05, 0) is 57.0 Å². The molecule has 1 aromatic carbocycles. The summed E-state index contributed by atoms with van der Waals surface area (Å²) in [7, 11) is 2.13. The van der Waals surface area contributed by atoms with Gasteiger partial charge in [0.1, 0.15) is 11.9 Å². The van der Waals surface area contributed by atoms with Crippen LogP contribution in [0.25, 0.3) is 0 Å². The Balaban J connectivity index is 1.66. The summed E-state index contributed by atoms with van der Waals surface area (Å²) >= 11 is 0. The van der Waals surface area contributed by atoms with E-state index in [2.05, 4.69) is 16.9 Å². The van der Waals surface area contributed by atoms with E-state index in [1.807, 2.05) is 24.3 Å². The summed E-state index contributed by atoms with van der Waals surface area (Å²) in [5.41, 5.74) is 0.805. The maximum Gasteiger partial charge on any atom is 0.235 e. The Morgan fingerprint density at radius 3 is 2.70 bits per heavy atom. The van der Waals surface area contributed by atoms with E-state index >= 15 is 0 Å². The topological polar surface area (TPSA) is 41.9 Å². The third-order valence-electron chi connectivity index (χ3n) is 4.26. The molecule has 1 saturated heterocycles. The third kappa shape index (κ3) is 2.77. The number of hydrogen-bond acceptors (Lipinski definition) is 4. The van der Waals surface area contributed by atoms with Crippen molar-refractivity contribution in [1.29, 1.82) is 0 Å². The molecule has 1 aliphatic heterocycles. The van der Waals surface area contributed by atoms with Gasteiger partial charge < -0.3 is 9.64 Å². The number of benzene rings is 1. The van der Waals surface area contributed by atoms with Crippen molar-refractivity contribution in [2.75, 3.05) is 20.1 Å². The summed E-state index contributed by atoms with van der Waals surface area (Å²) in [4.78, 5) is 16.7. The number of likely N-dealkylation sites (N-methyl/N-ethyl adjacent to an activating group) is 1. The lowest BCUT2D eigenvalue weighted by atomic mass is 10.1. The molecule has 2 aliphatic rings. The van der Waals surface area contributed by atoms with Crippen LogP contribution in [0.5, 0.6) is 5.75 Å². The molecule has 3 rings (SSSR count). The first-order chi connectivity index (χ1) is 9.72. The highest BCUT2D eigenvalue weighted by Gasteiger charge is 2.44. The monoisotopic (exact) mass is 272 g/mol. The van der Waals surface area contributed by atoms with Crippen LogP contribution in [0.4, 0.5) is 0 Å². The lowest BCUT2D eigenvalue weighted by Crippen LogP contribution is -2.38. The predicted molar refractivity (Wildman–Crippen MR) is 76.6 cm³/mol. The molecule has 0 N–H and O–H groups in total. The summed E-state index contributed by atoms with van der Waals surface area (Å²) in [6.07, 6.45) is 6.16. The van der Waals surface area contributed by atoms with Gasteiger partial charge >= 0.3 is 0 Å². The highest BCUT2D eigenvalue weighted by molar-refractivity contribution is 5.42. The van der Waals surface area contributed by atoms with Gasteiger partial charge in [0.15, 0.2) is 0 Å².